The summed E-state index contributed by atoms with van der Waals surface area (Å²) in [4.78, 5) is 11.8. The molecule has 0 bridgehead atoms. The molecule has 0 aliphatic heterocycles. The van der Waals surface area contributed by atoms with Crippen molar-refractivity contribution in [2.75, 3.05) is 13.7 Å². The Morgan fingerprint density at radius 2 is 2.00 bits per heavy atom. The molecule has 1 aromatic rings. The van der Waals surface area contributed by atoms with Crippen LogP contribution in [0.1, 0.15) is 37.0 Å². The van der Waals surface area contributed by atoms with E-state index in [0.29, 0.717) is 5.92 Å². The molecule has 0 amide bonds. The average molecular weight is 335 g/mol. The van der Waals surface area contributed by atoms with Crippen LogP contribution in [0.4, 0.5) is 0 Å². The lowest BCUT2D eigenvalue weighted by Gasteiger charge is -2.10. The van der Waals surface area contributed by atoms with Crippen molar-refractivity contribution < 1.29 is 22.7 Å². The van der Waals surface area contributed by atoms with Gasteiger partial charge in [-0.3, -0.25) is 0 Å². The third kappa shape index (κ3) is 5.55. The number of rotatable bonds is 7. The van der Waals surface area contributed by atoms with E-state index in [1.54, 1.807) is 0 Å². The first-order chi connectivity index (χ1) is 9.75. The molecule has 0 spiro atoms. The van der Waals surface area contributed by atoms with Crippen LogP contribution >= 0.6 is 10.7 Å². The summed E-state index contributed by atoms with van der Waals surface area (Å²) in [7, 11) is 2.75. The van der Waals surface area contributed by atoms with E-state index in [4.69, 9.17) is 20.2 Å². The molecule has 118 valence electrons. The molecule has 0 radical (unpaired) electrons. The van der Waals surface area contributed by atoms with E-state index < -0.39 is 15.0 Å². The highest BCUT2D eigenvalue weighted by molar-refractivity contribution is 8.13. The van der Waals surface area contributed by atoms with E-state index in [9.17, 15) is 13.2 Å². The second-order valence-electron chi connectivity index (χ2n) is 4.97. The molecule has 5 nitrogen and oxygen atoms in total. The highest BCUT2D eigenvalue weighted by atomic mass is 35.7. The molecule has 1 aromatic carbocycles. The summed E-state index contributed by atoms with van der Waals surface area (Å²) < 4.78 is 32.8. The Labute approximate surface area is 129 Å². The van der Waals surface area contributed by atoms with Gasteiger partial charge in [-0.2, -0.15) is 0 Å². The fraction of sp³-hybridized carbons (Fsp3) is 0.500. The van der Waals surface area contributed by atoms with Gasteiger partial charge in [-0.05, 0) is 37.0 Å². The molecule has 0 N–H and O–H groups in total. The van der Waals surface area contributed by atoms with Crippen molar-refractivity contribution in [2.24, 2.45) is 5.92 Å². The van der Waals surface area contributed by atoms with Crippen molar-refractivity contribution in [1.82, 2.24) is 0 Å². The zero-order valence-electron chi connectivity index (χ0n) is 12.3. The maximum atomic E-state index is 12.0. The van der Waals surface area contributed by atoms with Crippen LogP contribution in [-0.4, -0.2) is 28.1 Å². The maximum Gasteiger partial charge on any atom is 0.341 e. The van der Waals surface area contributed by atoms with Crippen molar-refractivity contribution in [3.63, 3.8) is 0 Å². The van der Waals surface area contributed by atoms with Crippen LogP contribution in [0.5, 0.6) is 5.75 Å². The third-order valence-electron chi connectivity index (χ3n) is 2.83. The first kappa shape index (κ1) is 17.8. The van der Waals surface area contributed by atoms with Crippen LogP contribution in [0.3, 0.4) is 0 Å². The second-order valence-corrected chi connectivity index (χ2v) is 7.54. The van der Waals surface area contributed by atoms with E-state index in [1.165, 1.54) is 19.2 Å². The number of methoxy groups -OCH3 is 1. The van der Waals surface area contributed by atoms with Gasteiger partial charge in [0.2, 0.25) is 0 Å². The third-order valence-corrected chi connectivity index (χ3v) is 4.18. The molecule has 0 fully saturated rings. The summed E-state index contributed by atoms with van der Waals surface area (Å²) in [5.41, 5.74) is 0.0452. The highest BCUT2D eigenvalue weighted by Gasteiger charge is 2.19. The SMILES string of the molecule is COc1ccc(S(=O)(=O)Cl)cc1C(=O)OCCCC(C)C. The number of halogens is 1. The minimum Gasteiger partial charge on any atom is -0.496 e. The van der Waals surface area contributed by atoms with Gasteiger partial charge in [-0.25, -0.2) is 13.2 Å². The first-order valence-electron chi connectivity index (χ1n) is 6.55. The Morgan fingerprint density at radius 1 is 1.33 bits per heavy atom. The predicted molar refractivity (Wildman–Crippen MR) is 80.4 cm³/mol. The van der Waals surface area contributed by atoms with Gasteiger partial charge in [0.25, 0.3) is 9.05 Å². The smallest absolute Gasteiger partial charge is 0.341 e. The summed E-state index contributed by atoms with van der Waals surface area (Å²) in [5.74, 6) is 0.147. The van der Waals surface area contributed by atoms with Crippen molar-refractivity contribution in [2.45, 2.75) is 31.6 Å². The number of benzene rings is 1. The summed E-state index contributed by atoms with van der Waals surface area (Å²) in [6.07, 6.45) is 1.69. The van der Waals surface area contributed by atoms with Gasteiger partial charge in [0.1, 0.15) is 11.3 Å². The number of carbonyl (C=O) groups is 1. The van der Waals surface area contributed by atoms with Crippen molar-refractivity contribution in [3.05, 3.63) is 23.8 Å². The van der Waals surface area contributed by atoms with Gasteiger partial charge < -0.3 is 9.47 Å². The van der Waals surface area contributed by atoms with Crippen LogP contribution in [0.15, 0.2) is 23.1 Å². The van der Waals surface area contributed by atoms with E-state index in [0.717, 1.165) is 18.9 Å². The maximum absolute atomic E-state index is 12.0. The zero-order chi connectivity index (χ0) is 16.0. The lowest BCUT2D eigenvalue weighted by Crippen LogP contribution is -2.09. The van der Waals surface area contributed by atoms with E-state index in [2.05, 4.69) is 13.8 Å². The van der Waals surface area contributed by atoms with Crippen molar-refractivity contribution >= 4 is 25.7 Å². The monoisotopic (exact) mass is 334 g/mol. The van der Waals surface area contributed by atoms with Crippen molar-refractivity contribution in [1.29, 1.82) is 0 Å². The minimum atomic E-state index is -3.91. The van der Waals surface area contributed by atoms with Gasteiger partial charge in [0, 0.05) is 10.7 Å². The molecule has 7 heteroatoms. The summed E-state index contributed by atoms with van der Waals surface area (Å²) >= 11 is 0. The molecule has 0 unspecified atom stereocenters. The molecular weight excluding hydrogens is 316 g/mol. The Bertz CT molecular complexity index is 595. The van der Waals surface area contributed by atoms with Crippen LogP contribution < -0.4 is 4.74 Å². The summed E-state index contributed by atoms with van der Waals surface area (Å²) in [6, 6.07) is 3.81. The van der Waals surface area contributed by atoms with Gasteiger partial charge in [-0.1, -0.05) is 13.8 Å². The molecule has 0 aliphatic rings. The molecule has 0 saturated heterocycles. The molecule has 0 atom stereocenters. The quantitative estimate of drug-likeness (QED) is 0.435. The Hall–Kier alpha value is -1.27. The van der Waals surface area contributed by atoms with Gasteiger partial charge in [-0.15, -0.1) is 0 Å². The molecule has 0 aliphatic carbocycles. The first-order valence-corrected chi connectivity index (χ1v) is 8.86. The van der Waals surface area contributed by atoms with E-state index >= 15 is 0 Å². The minimum absolute atomic E-state index is 0.0452. The summed E-state index contributed by atoms with van der Waals surface area (Å²) in [5, 5.41) is 0. The fourth-order valence-electron chi connectivity index (χ4n) is 1.73. The molecule has 1 rings (SSSR count). The summed E-state index contributed by atoms with van der Waals surface area (Å²) in [6.45, 7) is 4.44. The number of carbonyl (C=O) groups excluding carboxylic acids is 1. The normalized spacial score (nSPS) is 11.5. The lowest BCUT2D eigenvalue weighted by atomic mass is 10.1. The van der Waals surface area contributed by atoms with Crippen LogP contribution in [0.25, 0.3) is 0 Å². The number of hydrogen-bond acceptors (Lipinski definition) is 5. The highest BCUT2D eigenvalue weighted by Crippen LogP contribution is 2.25. The largest absolute Gasteiger partial charge is 0.496 e. The molecule has 0 heterocycles. The van der Waals surface area contributed by atoms with Crippen molar-refractivity contribution in [3.8, 4) is 5.75 Å². The van der Waals surface area contributed by atoms with Crippen LogP contribution in [0.2, 0.25) is 0 Å². The topological polar surface area (TPSA) is 69.7 Å². The molecular formula is C14H19ClO5S. The molecule has 21 heavy (non-hydrogen) atoms. The Balaban J connectivity index is 2.86. The van der Waals surface area contributed by atoms with Crippen LogP contribution in [-0.2, 0) is 13.8 Å². The number of hydrogen-bond donors (Lipinski definition) is 0. The second kappa shape index (κ2) is 7.66. The van der Waals surface area contributed by atoms with Gasteiger partial charge >= 0.3 is 5.97 Å². The average Bonchev–Trinajstić information content (AvgIpc) is 2.41. The van der Waals surface area contributed by atoms with Crippen LogP contribution in [0, 0.1) is 5.92 Å². The molecule has 0 aromatic heterocycles. The standard InChI is InChI=1S/C14H19ClO5S/c1-10(2)5-4-8-20-14(16)12-9-11(21(15,17)18)6-7-13(12)19-3/h6-7,9-10H,4-5,8H2,1-3H3. The van der Waals surface area contributed by atoms with Gasteiger partial charge in [0.15, 0.2) is 0 Å². The van der Waals surface area contributed by atoms with E-state index in [-0.39, 0.29) is 22.8 Å². The van der Waals surface area contributed by atoms with Gasteiger partial charge in [0.05, 0.1) is 18.6 Å². The molecule has 0 saturated carbocycles. The van der Waals surface area contributed by atoms with E-state index in [1.807, 2.05) is 0 Å². The Morgan fingerprint density at radius 3 is 2.52 bits per heavy atom. The number of ether oxygens (including phenoxy) is 2. The predicted octanol–water partition coefficient (Wildman–Crippen LogP) is 3.22. The fourth-order valence-corrected chi connectivity index (χ4v) is 2.51. The number of esters is 1. The lowest BCUT2D eigenvalue weighted by molar-refractivity contribution is 0.0491. The zero-order valence-corrected chi connectivity index (χ0v) is 13.8. The Kier molecular flexibility index (Phi) is 6.48.